The van der Waals surface area contributed by atoms with Crippen molar-refractivity contribution in [2.45, 2.75) is 39.7 Å². The molecule has 0 aliphatic carbocycles. The molecule has 1 unspecified atom stereocenters. The molecule has 0 saturated carbocycles. The fourth-order valence-electron chi connectivity index (χ4n) is 0.862. The Hall–Kier alpha value is -0.570. The summed E-state index contributed by atoms with van der Waals surface area (Å²) in [7, 11) is 0. The lowest BCUT2D eigenvalue weighted by atomic mass is 10.2. The Balaban J connectivity index is 3.24. The molecule has 0 aromatic carbocycles. The predicted molar refractivity (Wildman–Crippen MR) is 51.1 cm³/mol. The van der Waals surface area contributed by atoms with Gasteiger partial charge in [-0.05, 0) is 20.3 Å². The van der Waals surface area contributed by atoms with Gasteiger partial charge >= 0.3 is 0 Å². The zero-order valence-corrected chi connectivity index (χ0v) is 8.31. The van der Waals surface area contributed by atoms with Crippen LogP contribution >= 0.6 is 0 Å². The normalized spacial score (nSPS) is 12.6. The summed E-state index contributed by atoms with van der Waals surface area (Å²) in [6.07, 6.45) is 1.69. The van der Waals surface area contributed by atoms with E-state index in [1.165, 1.54) is 0 Å². The molecule has 0 saturated heterocycles. The summed E-state index contributed by atoms with van der Waals surface area (Å²) in [4.78, 5) is 11.0. The topological polar surface area (TPSA) is 41.1 Å². The fourth-order valence-corrected chi connectivity index (χ4v) is 0.862. The third kappa shape index (κ3) is 6.16. The highest BCUT2D eigenvalue weighted by atomic mass is 16.1. The average Bonchev–Trinajstić information content (AvgIpc) is 2.04. The van der Waals surface area contributed by atoms with Crippen LogP contribution in [0.5, 0.6) is 0 Å². The molecule has 0 aliphatic rings. The molecule has 0 spiro atoms. The number of hydrogen-bond acceptors (Lipinski definition) is 2. The van der Waals surface area contributed by atoms with Gasteiger partial charge in [0.25, 0.3) is 0 Å². The van der Waals surface area contributed by atoms with Crippen molar-refractivity contribution < 1.29 is 4.79 Å². The summed E-state index contributed by atoms with van der Waals surface area (Å²) in [5, 5.41) is 6.02. The molecule has 1 atom stereocenters. The smallest absolute Gasteiger partial charge is 0.221 e. The second-order valence-electron chi connectivity index (χ2n) is 2.97. The van der Waals surface area contributed by atoms with E-state index in [0.29, 0.717) is 12.5 Å². The minimum absolute atomic E-state index is 0.133. The molecule has 0 fully saturated rings. The lowest BCUT2D eigenvalue weighted by Crippen LogP contribution is -2.31. The second kappa shape index (κ2) is 7.10. The van der Waals surface area contributed by atoms with Crippen molar-refractivity contribution in [1.82, 2.24) is 10.6 Å². The van der Waals surface area contributed by atoms with Gasteiger partial charge in [-0.25, -0.2) is 0 Å². The number of carbonyl (C=O) groups is 1. The summed E-state index contributed by atoms with van der Waals surface area (Å²) >= 11 is 0. The number of amides is 1. The average molecular weight is 172 g/mol. The first-order valence-electron chi connectivity index (χ1n) is 4.70. The Labute approximate surface area is 74.9 Å². The highest BCUT2D eigenvalue weighted by Gasteiger charge is 2.00. The summed E-state index contributed by atoms with van der Waals surface area (Å²) in [6.45, 7) is 7.69. The van der Waals surface area contributed by atoms with Crippen LogP contribution in [0.15, 0.2) is 0 Å². The fraction of sp³-hybridized carbons (Fsp3) is 0.889. The Morgan fingerprint density at radius 2 is 2.08 bits per heavy atom. The first-order chi connectivity index (χ1) is 5.70. The van der Waals surface area contributed by atoms with Crippen molar-refractivity contribution in [3.8, 4) is 0 Å². The molecule has 3 nitrogen and oxygen atoms in total. The molecule has 1 amide bonds. The van der Waals surface area contributed by atoms with Crippen LogP contribution in [0.3, 0.4) is 0 Å². The van der Waals surface area contributed by atoms with E-state index in [2.05, 4.69) is 24.5 Å². The molecule has 0 aromatic heterocycles. The van der Waals surface area contributed by atoms with Crippen LogP contribution in [0.4, 0.5) is 0 Å². The van der Waals surface area contributed by atoms with Crippen LogP contribution in [0.25, 0.3) is 0 Å². The second-order valence-corrected chi connectivity index (χ2v) is 2.97. The zero-order chi connectivity index (χ0) is 9.40. The third-order valence-electron chi connectivity index (χ3n) is 1.83. The maximum atomic E-state index is 11.0. The van der Waals surface area contributed by atoms with Crippen LogP contribution in [0.1, 0.15) is 33.6 Å². The van der Waals surface area contributed by atoms with E-state index >= 15 is 0 Å². The van der Waals surface area contributed by atoms with Crippen molar-refractivity contribution in [2.75, 3.05) is 13.1 Å². The Kier molecular flexibility index (Phi) is 6.76. The first-order valence-corrected chi connectivity index (χ1v) is 4.70. The molecule has 0 heterocycles. The van der Waals surface area contributed by atoms with Crippen molar-refractivity contribution in [3.05, 3.63) is 0 Å². The Bertz CT molecular complexity index is 126. The van der Waals surface area contributed by atoms with Gasteiger partial charge in [-0.2, -0.15) is 0 Å². The monoisotopic (exact) mass is 172 g/mol. The van der Waals surface area contributed by atoms with Crippen molar-refractivity contribution in [1.29, 1.82) is 0 Å². The zero-order valence-electron chi connectivity index (χ0n) is 8.31. The quantitative estimate of drug-likeness (QED) is 0.625. The van der Waals surface area contributed by atoms with Crippen LogP contribution in [-0.2, 0) is 4.79 Å². The third-order valence-corrected chi connectivity index (χ3v) is 1.83. The SMILES string of the molecule is CCNC(=O)CCNC(C)CC. The number of rotatable bonds is 6. The van der Waals surface area contributed by atoms with E-state index in [1.807, 2.05) is 6.92 Å². The molecule has 0 radical (unpaired) electrons. The lowest BCUT2D eigenvalue weighted by Gasteiger charge is -2.10. The molecule has 72 valence electrons. The summed E-state index contributed by atoms with van der Waals surface area (Å²) < 4.78 is 0. The molecule has 3 heteroatoms. The van der Waals surface area contributed by atoms with Gasteiger partial charge in [0.15, 0.2) is 0 Å². The van der Waals surface area contributed by atoms with Crippen LogP contribution < -0.4 is 10.6 Å². The Morgan fingerprint density at radius 1 is 1.42 bits per heavy atom. The van der Waals surface area contributed by atoms with Crippen LogP contribution in [-0.4, -0.2) is 25.0 Å². The molecule has 0 aromatic rings. The lowest BCUT2D eigenvalue weighted by molar-refractivity contribution is -0.120. The van der Waals surface area contributed by atoms with Gasteiger partial charge in [0.2, 0.25) is 5.91 Å². The number of nitrogens with one attached hydrogen (secondary N) is 2. The maximum absolute atomic E-state index is 11.0. The predicted octanol–water partition coefficient (Wildman–Crippen LogP) is 0.901. The number of carbonyl (C=O) groups excluding carboxylic acids is 1. The molecular formula is C9H20N2O. The van der Waals surface area contributed by atoms with E-state index in [1.54, 1.807) is 0 Å². The summed E-state index contributed by atoms with van der Waals surface area (Å²) in [6, 6.07) is 0.513. The van der Waals surface area contributed by atoms with Crippen LogP contribution in [0, 0.1) is 0 Å². The van der Waals surface area contributed by atoms with E-state index in [9.17, 15) is 4.79 Å². The van der Waals surface area contributed by atoms with Crippen LogP contribution in [0.2, 0.25) is 0 Å². The minimum Gasteiger partial charge on any atom is -0.356 e. The molecule has 0 bridgehead atoms. The van der Waals surface area contributed by atoms with E-state index in [4.69, 9.17) is 0 Å². The van der Waals surface area contributed by atoms with Gasteiger partial charge in [0, 0.05) is 25.6 Å². The molecule has 0 rings (SSSR count). The molecular weight excluding hydrogens is 152 g/mol. The maximum Gasteiger partial charge on any atom is 0.221 e. The van der Waals surface area contributed by atoms with Gasteiger partial charge in [-0.1, -0.05) is 6.92 Å². The first kappa shape index (κ1) is 11.4. The highest BCUT2D eigenvalue weighted by Crippen LogP contribution is 1.87. The van der Waals surface area contributed by atoms with Crippen molar-refractivity contribution in [3.63, 3.8) is 0 Å². The van der Waals surface area contributed by atoms with Gasteiger partial charge in [0.1, 0.15) is 0 Å². The summed E-state index contributed by atoms with van der Waals surface area (Å²) in [5.74, 6) is 0.133. The minimum atomic E-state index is 0.133. The highest BCUT2D eigenvalue weighted by molar-refractivity contribution is 5.75. The van der Waals surface area contributed by atoms with E-state index in [-0.39, 0.29) is 5.91 Å². The summed E-state index contributed by atoms with van der Waals surface area (Å²) in [5.41, 5.74) is 0. The van der Waals surface area contributed by atoms with Gasteiger partial charge < -0.3 is 10.6 Å². The molecule has 12 heavy (non-hydrogen) atoms. The van der Waals surface area contributed by atoms with E-state index in [0.717, 1.165) is 19.5 Å². The van der Waals surface area contributed by atoms with E-state index < -0.39 is 0 Å². The largest absolute Gasteiger partial charge is 0.356 e. The Morgan fingerprint density at radius 3 is 2.58 bits per heavy atom. The number of hydrogen-bond donors (Lipinski definition) is 2. The molecule has 0 aliphatic heterocycles. The van der Waals surface area contributed by atoms with Crippen molar-refractivity contribution in [2.24, 2.45) is 0 Å². The van der Waals surface area contributed by atoms with Gasteiger partial charge in [-0.3, -0.25) is 4.79 Å². The van der Waals surface area contributed by atoms with Crippen molar-refractivity contribution >= 4 is 5.91 Å². The molecule has 2 N–H and O–H groups in total. The van der Waals surface area contributed by atoms with Gasteiger partial charge in [0.05, 0.1) is 0 Å². The van der Waals surface area contributed by atoms with Gasteiger partial charge in [-0.15, -0.1) is 0 Å². The standard InChI is InChI=1S/C9H20N2O/c1-4-8(3)11-7-6-9(12)10-5-2/h8,11H,4-7H2,1-3H3,(H,10,12).